The van der Waals surface area contributed by atoms with Gasteiger partial charge in [0.05, 0.1) is 26.4 Å². The molecule has 0 aliphatic heterocycles. The second-order valence-electron chi connectivity index (χ2n) is 6.06. The van der Waals surface area contributed by atoms with Crippen LogP contribution in [-0.2, 0) is 9.53 Å². The Labute approximate surface area is 159 Å². The zero-order valence-corrected chi connectivity index (χ0v) is 16.1. The van der Waals surface area contributed by atoms with E-state index in [0.717, 1.165) is 5.56 Å². The molecule has 0 radical (unpaired) electrons. The third kappa shape index (κ3) is 5.48. The second-order valence-corrected chi connectivity index (χ2v) is 6.06. The number of benzene rings is 2. The lowest BCUT2D eigenvalue weighted by molar-refractivity contribution is -0.116. The van der Waals surface area contributed by atoms with Crippen LogP contribution in [0.4, 0.5) is 5.69 Å². The summed E-state index contributed by atoms with van der Waals surface area (Å²) in [6.45, 7) is 4.04. The first-order valence-corrected chi connectivity index (χ1v) is 8.77. The predicted octanol–water partition coefficient (Wildman–Crippen LogP) is 4.01. The van der Waals surface area contributed by atoms with Gasteiger partial charge < -0.3 is 19.5 Å². The first kappa shape index (κ1) is 20.3. The molecule has 2 rings (SSSR count). The summed E-state index contributed by atoms with van der Waals surface area (Å²) in [5.41, 5.74) is 2.01. The van der Waals surface area contributed by atoms with E-state index in [1.807, 2.05) is 19.1 Å². The Hall–Kier alpha value is -3.02. The lowest BCUT2D eigenvalue weighted by Gasteiger charge is -2.16. The topological polar surface area (TPSA) is 73.9 Å². The van der Waals surface area contributed by atoms with Crippen LogP contribution in [0.25, 0.3) is 0 Å². The molecule has 2 aromatic rings. The monoisotopic (exact) mass is 371 g/mol. The maximum atomic E-state index is 12.4. The number of esters is 1. The van der Waals surface area contributed by atoms with Crippen molar-refractivity contribution in [2.45, 2.75) is 26.2 Å². The molecule has 1 atom stereocenters. The normalized spacial score (nSPS) is 11.4. The molecule has 1 unspecified atom stereocenters. The fourth-order valence-electron chi connectivity index (χ4n) is 2.73. The summed E-state index contributed by atoms with van der Waals surface area (Å²) in [5, 5.41) is 2.84. The average Bonchev–Trinajstić information content (AvgIpc) is 2.67. The quantitative estimate of drug-likeness (QED) is 0.710. The molecule has 0 aromatic heterocycles. The molecule has 0 bridgehead atoms. The van der Waals surface area contributed by atoms with Crippen LogP contribution < -0.4 is 14.8 Å². The van der Waals surface area contributed by atoms with Gasteiger partial charge in [-0.2, -0.15) is 0 Å². The zero-order chi connectivity index (χ0) is 19.8. The molecule has 2 aromatic carbocycles. The zero-order valence-electron chi connectivity index (χ0n) is 16.1. The largest absolute Gasteiger partial charge is 0.497 e. The van der Waals surface area contributed by atoms with Gasteiger partial charge in [-0.15, -0.1) is 0 Å². The molecule has 0 aliphatic rings. The maximum absolute atomic E-state index is 12.4. The molecule has 0 saturated heterocycles. The number of carbonyl (C=O) groups excluding carboxylic acids is 2. The van der Waals surface area contributed by atoms with Gasteiger partial charge in [-0.25, -0.2) is 4.79 Å². The summed E-state index contributed by atoms with van der Waals surface area (Å²) < 4.78 is 15.6. The molecule has 1 N–H and O–H groups in total. The number of anilines is 1. The number of methoxy groups -OCH3 is 2. The second kappa shape index (κ2) is 9.62. The van der Waals surface area contributed by atoms with Crippen LogP contribution in [0.3, 0.4) is 0 Å². The smallest absolute Gasteiger partial charge is 0.338 e. The predicted molar refractivity (Wildman–Crippen MR) is 104 cm³/mol. The first-order valence-electron chi connectivity index (χ1n) is 8.77. The summed E-state index contributed by atoms with van der Waals surface area (Å²) in [6, 6.07) is 12.2. The lowest BCUT2D eigenvalue weighted by atomic mass is 9.96. The van der Waals surface area contributed by atoms with Gasteiger partial charge in [-0.1, -0.05) is 13.0 Å². The summed E-state index contributed by atoms with van der Waals surface area (Å²) in [7, 11) is 3.19. The van der Waals surface area contributed by atoms with Gasteiger partial charge in [-0.3, -0.25) is 4.79 Å². The number of carbonyl (C=O) groups is 2. The van der Waals surface area contributed by atoms with Crippen molar-refractivity contribution in [3.63, 3.8) is 0 Å². The van der Waals surface area contributed by atoms with Crippen LogP contribution >= 0.6 is 0 Å². The van der Waals surface area contributed by atoms with E-state index in [1.54, 1.807) is 51.5 Å². The van der Waals surface area contributed by atoms with Crippen molar-refractivity contribution < 1.29 is 23.8 Å². The molecule has 0 spiro atoms. The van der Waals surface area contributed by atoms with Crippen molar-refractivity contribution in [2.24, 2.45) is 0 Å². The minimum absolute atomic E-state index is 0.0374. The highest BCUT2D eigenvalue weighted by molar-refractivity contribution is 5.93. The first-order chi connectivity index (χ1) is 13.0. The van der Waals surface area contributed by atoms with E-state index in [-0.39, 0.29) is 17.8 Å². The highest BCUT2D eigenvalue weighted by Crippen LogP contribution is 2.32. The highest BCUT2D eigenvalue weighted by atomic mass is 16.5. The molecule has 6 nitrogen and oxygen atoms in total. The van der Waals surface area contributed by atoms with Crippen molar-refractivity contribution in [3.8, 4) is 11.5 Å². The van der Waals surface area contributed by atoms with Crippen molar-refractivity contribution in [3.05, 3.63) is 53.6 Å². The number of amides is 1. The molecule has 0 heterocycles. The van der Waals surface area contributed by atoms with Crippen molar-refractivity contribution >= 4 is 17.6 Å². The van der Waals surface area contributed by atoms with Gasteiger partial charge in [0.15, 0.2) is 0 Å². The molecule has 27 heavy (non-hydrogen) atoms. The van der Waals surface area contributed by atoms with E-state index >= 15 is 0 Å². The highest BCUT2D eigenvalue weighted by Gasteiger charge is 2.16. The molecule has 0 saturated carbocycles. The number of hydrogen-bond acceptors (Lipinski definition) is 5. The third-order valence-electron chi connectivity index (χ3n) is 4.14. The Morgan fingerprint density at radius 2 is 1.74 bits per heavy atom. The standard InChI is InChI=1S/C21H25NO5/c1-5-27-21(24)15-6-8-16(9-7-15)22-20(23)12-14(2)18-11-10-17(25-3)13-19(18)26-4/h6-11,13-14H,5,12H2,1-4H3,(H,22,23). The van der Waals surface area contributed by atoms with Crippen LogP contribution in [0.5, 0.6) is 11.5 Å². The minimum Gasteiger partial charge on any atom is -0.497 e. The summed E-state index contributed by atoms with van der Waals surface area (Å²) in [5.74, 6) is 0.854. The van der Waals surface area contributed by atoms with Gasteiger partial charge in [0.2, 0.25) is 5.91 Å². The summed E-state index contributed by atoms with van der Waals surface area (Å²) in [4.78, 5) is 24.0. The number of rotatable bonds is 8. The fourth-order valence-corrected chi connectivity index (χ4v) is 2.73. The van der Waals surface area contributed by atoms with Gasteiger partial charge in [-0.05, 0) is 48.7 Å². The van der Waals surface area contributed by atoms with Gasteiger partial charge in [0, 0.05) is 18.2 Å². The number of hydrogen-bond donors (Lipinski definition) is 1. The van der Waals surface area contributed by atoms with E-state index in [2.05, 4.69) is 5.32 Å². The van der Waals surface area contributed by atoms with E-state index in [1.165, 1.54) is 0 Å². The van der Waals surface area contributed by atoms with Crippen LogP contribution in [0.15, 0.2) is 42.5 Å². The van der Waals surface area contributed by atoms with Gasteiger partial charge in [0.1, 0.15) is 11.5 Å². The molecule has 1 amide bonds. The molecule has 144 valence electrons. The Bertz CT molecular complexity index is 786. The Balaban J connectivity index is 2.00. The van der Waals surface area contributed by atoms with Crippen LogP contribution in [0, 0.1) is 0 Å². The number of ether oxygens (including phenoxy) is 3. The average molecular weight is 371 g/mol. The van der Waals surface area contributed by atoms with E-state index in [4.69, 9.17) is 14.2 Å². The fraction of sp³-hybridized carbons (Fsp3) is 0.333. The van der Waals surface area contributed by atoms with E-state index in [0.29, 0.717) is 35.8 Å². The van der Waals surface area contributed by atoms with E-state index in [9.17, 15) is 9.59 Å². The van der Waals surface area contributed by atoms with Crippen molar-refractivity contribution in [1.82, 2.24) is 0 Å². The minimum atomic E-state index is -0.379. The van der Waals surface area contributed by atoms with Gasteiger partial charge in [0.25, 0.3) is 0 Å². The maximum Gasteiger partial charge on any atom is 0.338 e. The van der Waals surface area contributed by atoms with Crippen molar-refractivity contribution in [1.29, 1.82) is 0 Å². The van der Waals surface area contributed by atoms with Crippen LogP contribution in [-0.4, -0.2) is 32.7 Å². The van der Waals surface area contributed by atoms with Crippen LogP contribution in [0.2, 0.25) is 0 Å². The van der Waals surface area contributed by atoms with Crippen LogP contribution in [0.1, 0.15) is 42.1 Å². The molecule has 0 aliphatic carbocycles. The molecule has 0 fully saturated rings. The number of nitrogens with one attached hydrogen (secondary N) is 1. The summed E-state index contributed by atoms with van der Waals surface area (Å²) in [6.07, 6.45) is 0.294. The molecule has 6 heteroatoms. The summed E-state index contributed by atoms with van der Waals surface area (Å²) >= 11 is 0. The Morgan fingerprint density at radius 3 is 2.33 bits per heavy atom. The SMILES string of the molecule is CCOC(=O)c1ccc(NC(=O)CC(C)c2ccc(OC)cc2OC)cc1. The Kier molecular flexibility index (Phi) is 7.23. The third-order valence-corrected chi connectivity index (χ3v) is 4.14. The van der Waals surface area contributed by atoms with Gasteiger partial charge >= 0.3 is 5.97 Å². The lowest BCUT2D eigenvalue weighted by Crippen LogP contribution is -2.15. The molecular weight excluding hydrogens is 346 g/mol. The van der Waals surface area contributed by atoms with Crippen molar-refractivity contribution in [2.75, 3.05) is 26.1 Å². The van der Waals surface area contributed by atoms with E-state index < -0.39 is 0 Å². The molecular formula is C21H25NO5. The Morgan fingerprint density at radius 1 is 1.04 bits per heavy atom.